The third-order valence-electron chi connectivity index (χ3n) is 5.15. The van der Waals surface area contributed by atoms with Crippen molar-refractivity contribution < 1.29 is 4.39 Å². The third kappa shape index (κ3) is 4.43. The van der Waals surface area contributed by atoms with Gasteiger partial charge in [0.2, 0.25) is 0 Å². The molecule has 0 aliphatic heterocycles. The van der Waals surface area contributed by atoms with Gasteiger partial charge in [-0.05, 0) is 80.7 Å². The van der Waals surface area contributed by atoms with Crippen LogP contribution in [0.3, 0.4) is 0 Å². The van der Waals surface area contributed by atoms with Gasteiger partial charge in [0, 0.05) is 11.1 Å². The fourth-order valence-electron chi connectivity index (χ4n) is 3.66. The highest BCUT2D eigenvalue weighted by Gasteiger charge is 2.28. The Morgan fingerprint density at radius 1 is 1.19 bits per heavy atom. The summed E-state index contributed by atoms with van der Waals surface area (Å²) >= 11 is 6.00. The normalized spacial score (nSPS) is 24.3. The van der Waals surface area contributed by atoms with Crippen molar-refractivity contribution in [3.8, 4) is 0 Å². The van der Waals surface area contributed by atoms with Crippen LogP contribution in [0.25, 0.3) is 0 Å². The van der Waals surface area contributed by atoms with Crippen molar-refractivity contribution in [3.05, 3.63) is 34.6 Å². The third-order valence-corrected chi connectivity index (χ3v) is 5.38. The zero-order chi connectivity index (χ0) is 15.4. The maximum absolute atomic E-state index is 13.9. The number of hydrogen-bond acceptors (Lipinski definition) is 1. The van der Waals surface area contributed by atoms with E-state index in [1.807, 2.05) is 7.05 Å². The lowest BCUT2D eigenvalue weighted by molar-refractivity contribution is 0.191. The molecule has 1 aromatic rings. The molecule has 1 aromatic carbocycles. The number of halogens is 2. The number of rotatable bonds is 5. The standard InChI is InChI=1S/C18H27ClFN/c1-12(2)13-4-6-14(7-5-13)18(21-3)11-15-10-16(19)8-9-17(15)20/h8-10,12-14,18,21H,4-7,11H2,1-3H3. The summed E-state index contributed by atoms with van der Waals surface area (Å²) in [5, 5.41) is 4.02. The topological polar surface area (TPSA) is 12.0 Å². The molecule has 0 saturated heterocycles. The fraction of sp³-hybridized carbons (Fsp3) is 0.667. The summed E-state index contributed by atoms with van der Waals surface area (Å²) in [6.07, 6.45) is 5.82. The molecule has 1 saturated carbocycles. The first kappa shape index (κ1) is 16.8. The van der Waals surface area contributed by atoms with Crippen molar-refractivity contribution in [1.29, 1.82) is 0 Å². The zero-order valence-corrected chi connectivity index (χ0v) is 14.1. The Labute approximate surface area is 133 Å². The Bertz CT molecular complexity index is 453. The van der Waals surface area contributed by atoms with Gasteiger partial charge in [0.05, 0.1) is 0 Å². The van der Waals surface area contributed by atoms with E-state index >= 15 is 0 Å². The molecule has 1 fully saturated rings. The lowest BCUT2D eigenvalue weighted by Crippen LogP contribution is -2.38. The molecule has 1 N–H and O–H groups in total. The average molecular weight is 312 g/mol. The van der Waals surface area contributed by atoms with Crippen LogP contribution in [0.5, 0.6) is 0 Å². The molecule has 1 nitrogen and oxygen atoms in total. The van der Waals surface area contributed by atoms with Crippen LogP contribution in [0.1, 0.15) is 45.1 Å². The van der Waals surface area contributed by atoms with Gasteiger partial charge < -0.3 is 5.32 Å². The molecule has 0 spiro atoms. The lowest BCUT2D eigenvalue weighted by atomic mass is 9.73. The molecular weight excluding hydrogens is 285 g/mol. The quantitative estimate of drug-likeness (QED) is 0.800. The molecular formula is C18H27ClFN. The molecule has 1 aliphatic carbocycles. The summed E-state index contributed by atoms with van der Waals surface area (Å²) < 4.78 is 13.9. The van der Waals surface area contributed by atoms with E-state index in [9.17, 15) is 4.39 Å². The summed E-state index contributed by atoms with van der Waals surface area (Å²) in [4.78, 5) is 0. The van der Waals surface area contributed by atoms with E-state index in [1.165, 1.54) is 31.7 Å². The summed E-state index contributed by atoms with van der Waals surface area (Å²) in [5.74, 6) is 2.14. The Balaban J connectivity index is 1.99. The molecule has 1 unspecified atom stereocenters. The Morgan fingerprint density at radius 2 is 1.81 bits per heavy atom. The van der Waals surface area contributed by atoms with E-state index in [4.69, 9.17) is 11.6 Å². The van der Waals surface area contributed by atoms with Crippen molar-refractivity contribution in [2.75, 3.05) is 7.05 Å². The summed E-state index contributed by atoms with van der Waals surface area (Å²) in [6, 6.07) is 5.19. The number of nitrogens with one attached hydrogen (secondary N) is 1. The van der Waals surface area contributed by atoms with Gasteiger partial charge in [0.25, 0.3) is 0 Å². The van der Waals surface area contributed by atoms with Crippen molar-refractivity contribution in [3.63, 3.8) is 0 Å². The molecule has 0 aromatic heterocycles. The summed E-state index contributed by atoms with van der Waals surface area (Å²) in [7, 11) is 1.99. The van der Waals surface area contributed by atoms with Crippen LogP contribution in [0.2, 0.25) is 5.02 Å². The second kappa shape index (κ2) is 7.60. The van der Waals surface area contributed by atoms with E-state index in [2.05, 4.69) is 19.2 Å². The fourth-order valence-corrected chi connectivity index (χ4v) is 3.85. The summed E-state index contributed by atoms with van der Waals surface area (Å²) in [6.45, 7) is 4.64. The van der Waals surface area contributed by atoms with E-state index in [0.717, 1.165) is 23.8 Å². The first-order chi connectivity index (χ1) is 10.0. The van der Waals surface area contributed by atoms with Gasteiger partial charge in [-0.25, -0.2) is 4.39 Å². The highest BCUT2D eigenvalue weighted by molar-refractivity contribution is 6.30. The van der Waals surface area contributed by atoms with Crippen LogP contribution in [-0.4, -0.2) is 13.1 Å². The Hall–Kier alpha value is -0.600. The lowest BCUT2D eigenvalue weighted by Gasteiger charge is -2.35. The van der Waals surface area contributed by atoms with Crippen molar-refractivity contribution >= 4 is 11.6 Å². The SMILES string of the molecule is CNC(Cc1cc(Cl)ccc1F)C1CCC(C(C)C)CC1. The summed E-state index contributed by atoms with van der Waals surface area (Å²) in [5.41, 5.74) is 0.729. The highest BCUT2D eigenvalue weighted by atomic mass is 35.5. The van der Waals surface area contributed by atoms with Crippen LogP contribution in [-0.2, 0) is 6.42 Å². The van der Waals surface area contributed by atoms with Crippen LogP contribution in [0.15, 0.2) is 18.2 Å². The van der Waals surface area contributed by atoms with Crippen LogP contribution in [0, 0.1) is 23.6 Å². The van der Waals surface area contributed by atoms with E-state index in [0.29, 0.717) is 17.0 Å². The molecule has 3 heteroatoms. The molecule has 118 valence electrons. The van der Waals surface area contributed by atoms with E-state index in [1.54, 1.807) is 12.1 Å². The van der Waals surface area contributed by atoms with Gasteiger partial charge in [-0.3, -0.25) is 0 Å². The number of hydrogen-bond donors (Lipinski definition) is 1. The Morgan fingerprint density at radius 3 is 2.38 bits per heavy atom. The van der Waals surface area contributed by atoms with E-state index in [-0.39, 0.29) is 5.82 Å². The number of likely N-dealkylation sites (N-methyl/N-ethyl adjacent to an activating group) is 1. The monoisotopic (exact) mass is 311 g/mol. The first-order valence-electron chi connectivity index (χ1n) is 8.12. The number of benzene rings is 1. The molecule has 1 aliphatic rings. The molecule has 21 heavy (non-hydrogen) atoms. The Kier molecular flexibility index (Phi) is 6.07. The largest absolute Gasteiger partial charge is 0.316 e. The van der Waals surface area contributed by atoms with Gasteiger partial charge in [0.15, 0.2) is 0 Å². The second-order valence-electron chi connectivity index (χ2n) is 6.75. The molecule has 2 rings (SSSR count). The highest BCUT2D eigenvalue weighted by Crippen LogP contribution is 2.35. The van der Waals surface area contributed by atoms with Gasteiger partial charge in [-0.1, -0.05) is 25.4 Å². The van der Waals surface area contributed by atoms with Crippen molar-refractivity contribution in [1.82, 2.24) is 5.32 Å². The molecule has 0 bridgehead atoms. The minimum Gasteiger partial charge on any atom is -0.316 e. The maximum atomic E-state index is 13.9. The van der Waals surface area contributed by atoms with Crippen molar-refractivity contribution in [2.45, 2.75) is 52.0 Å². The van der Waals surface area contributed by atoms with Gasteiger partial charge in [-0.2, -0.15) is 0 Å². The average Bonchev–Trinajstić information content (AvgIpc) is 2.48. The minimum atomic E-state index is -0.143. The predicted molar refractivity (Wildman–Crippen MR) is 88.2 cm³/mol. The molecule has 0 heterocycles. The van der Waals surface area contributed by atoms with Gasteiger partial charge in [0.1, 0.15) is 5.82 Å². The first-order valence-corrected chi connectivity index (χ1v) is 8.50. The van der Waals surface area contributed by atoms with Crippen LogP contribution >= 0.6 is 11.6 Å². The smallest absolute Gasteiger partial charge is 0.126 e. The predicted octanol–water partition coefficient (Wildman–Crippen LogP) is 5.07. The zero-order valence-electron chi connectivity index (χ0n) is 13.3. The molecule has 1 atom stereocenters. The van der Waals surface area contributed by atoms with Crippen molar-refractivity contribution in [2.24, 2.45) is 17.8 Å². The second-order valence-corrected chi connectivity index (χ2v) is 7.19. The molecule has 0 amide bonds. The maximum Gasteiger partial charge on any atom is 0.126 e. The minimum absolute atomic E-state index is 0.143. The van der Waals surface area contributed by atoms with Gasteiger partial charge in [-0.15, -0.1) is 0 Å². The van der Waals surface area contributed by atoms with Crippen LogP contribution in [0.4, 0.5) is 4.39 Å². The van der Waals surface area contributed by atoms with Crippen LogP contribution < -0.4 is 5.32 Å². The molecule has 0 radical (unpaired) electrons. The van der Waals surface area contributed by atoms with E-state index < -0.39 is 0 Å². The van der Waals surface area contributed by atoms with Gasteiger partial charge >= 0.3 is 0 Å².